The van der Waals surface area contributed by atoms with E-state index in [1.807, 2.05) is 25.8 Å². The van der Waals surface area contributed by atoms with Crippen molar-refractivity contribution in [1.82, 2.24) is 10.4 Å². The van der Waals surface area contributed by atoms with Gasteiger partial charge in [0, 0.05) is 17.0 Å². The maximum Gasteiger partial charge on any atom is 0.262 e. The monoisotopic (exact) mass is 204 g/mol. The highest BCUT2D eigenvalue weighted by molar-refractivity contribution is 8.00. The maximum atomic E-state index is 11.4. The van der Waals surface area contributed by atoms with Crippen molar-refractivity contribution in [1.29, 1.82) is 0 Å². The van der Waals surface area contributed by atoms with Crippen LogP contribution in [0.25, 0.3) is 0 Å². The molecule has 76 valence electrons. The first-order chi connectivity index (χ1) is 5.99. The van der Waals surface area contributed by atoms with Crippen LogP contribution >= 0.6 is 11.8 Å². The second-order valence-electron chi connectivity index (χ2n) is 3.81. The van der Waals surface area contributed by atoms with Crippen LogP contribution in [0, 0.1) is 0 Å². The van der Waals surface area contributed by atoms with E-state index in [9.17, 15) is 4.79 Å². The highest BCUT2D eigenvalue weighted by Crippen LogP contribution is 2.34. The van der Waals surface area contributed by atoms with E-state index in [0.717, 1.165) is 12.3 Å². The maximum absolute atomic E-state index is 11.4. The highest BCUT2D eigenvalue weighted by atomic mass is 32.2. The molecule has 1 saturated heterocycles. The topological polar surface area (TPSA) is 52.6 Å². The third-order valence-electron chi connectivity index (χ3n) is 2.38. The summed E-state index contributed by atoms with van der Waals surface area (Å²) in [6.45, 7) is 4.92. The Morgan fingerprint density at radius 2 is 2.31 bits per heavy atom. The Hall–Kier alpha value is -0.260. The standard InChI is InChI=1S/C8H16N2O2S/c1-8(2)6(7(11)9-12)10(3)4-5-13-8/h6,12H,4-5H2,1-3H3,(H,9,11). The molecule has 0 aromatic carbocycles. The predicted molar refractivity (Wildman–Crippen MR) is 52.9 cm³/mol. The molecule has 5 heteroatoms. The van der Waals surface area contributed by atoms with Gasteiger partial charge in [0.05, 0.1) is 0 Å². The molecule has 13 heavy (non-hydrogen) atoms. The number of nitrogens with zero attached hydrogens (tertiary/aromatic N) is 1. The first kappa shape index (κ1) is 10.8. The molecule has 1 amide bonds. The summed E-state index contributed by atoms with van der Waals surface area (Å²) in [6.07, 6.45) is 0. The Morgan fingerprint density at radius 1 is 1.69 bits per heavy atom. The molecule has 0 aromatic rings. The van der Waals surface area contributed by atoms with E-state index in [4.69, 9.17) is 5.21 Å². The lowest BCUT2D eigenvalue weighted by molar-refractivity contribution is -0.135. The van der Waals surface area contributed by atoms with Gasteiger partial charge in [-0.1, -0.05) is 0 Å². The molecule has 0 radical (unpaired) electrons. The minimum atomic E-state index is -0.320. The molecule has 2 N–H and O–H groups in total. The molecule has 1 aliphatic rings. The Labute approximate surface area is 82.6 Å². The number of carbonyl (C=O) groups excluding carboxylic acids is 1. The fourth-order valence-electron chi connectivity index (χ4n) is 1.77. The van der Waals surface area contributed by atoms with Gasteiger partial charge in [-0.3, -0.25) is 14.9 Å². The number of rotatable bonds is 1. The molecule has 0 saturated carbocycles. The van der Waals surface area contributed by atoms with Crippen molar-refractivity contribution in [3.05, 3.63) is 0 Å². The average molecular weight is 204 g/mol. The summed E-state index contributed by atoms with van der Waals surface area (Å²) >= 11 is 1.76. The minimum absolute atomic E-state index is 0.139. The molecule has 0 bridgehead atoms. The molecule has 1 rings (SSSR count). The fraction of sp³-hybridized carbons (Fsp3) is 0.875. The van der Waals surface area contributed by atoms with Crippen LogP contribution in [0.1, 0.15) is 13.8 Å². The molecule has 1 unspecified atom stereocenters. The SMILES string of the molecule is CN1CCSC(C)(C)C1C(=O)NO. The van der Waals surface area contributed by atoms with Crippen LogP contribution < -0.4 is 5.48 Å². The number of hydrogen-bond donors (Lipinski definition) is 2. The summed E-state index contributed by atoms with van der Waals surface area (Å²) in [5, 5.41) is 8.60. The lowest BCUT2D eigenvalue weighted by atomic mass is 10.0. The second kappa shape index (κ2) is 3.86. The van der Waals surface area contributed by atoms with Gasteiger partial charge in [-0.25, -0.2) is 5.48 Å². The summed E-state index contributed by atoms with van der Waals surface area (Å²) in [6, 6.07) is -0.253. The summed E-state index contributed by atoms with van der Waals surface area (Å²) in [5.74, 6) is 0.707. The summed E-state index contributed by atoms with van der Waals surface area (Å²) in [7, 11) is 1.90. The van der Waals surface area contributed by atoms with Crippen molar-refractivity contribution < 1.29 is 10.0 Å². The van der Waals surface area contributed by atoms with Crippen molar-refractivity contribution in [2.24, 2.45) is 0 Å². The zero-order chi connectivity index (χ0) is 10.1. The van der Waals surface area contributed by atoms with E-state index in [-0.39, 0.29) is 16.7 Å². The lowest BCUT2D eigenvalue weighted by Crippen LogP contribution is -2.58. The van der Waals surface area contributed by atoms with Crippen LogP contribution in [0.4, 0.5) is 0 Å². The van der Waals surface area contributed by atoms with E-state index in [1.54, 1.807) is 17.2 Å². The highest BCUT2D eigenvalue weighted by Gasteiger charge is 2.41. The van der Waals surface area contributed by atoms with Gasteiger partial charge in [-0.05, 0) is 20.9 Å². The molecular weight excluding hydrogens is 188 g/mol. The normalized spacial score (nSPS) is 28.5. The minimum Gasteiger partial charge on any atom is -0.293 e. The van der Waals surface area contributed by atoms with E-state index >= 15 is 0 Å². The zero-order valence-corrected chi connectivity index (χ0v) is 9.02. The fourth-order valence-corrected chi connectivity index (χ4v) is 3.12. The number of amides is 1. The average Bonchev–Trinajstić information content (AvgIpc) is 2.02. The van der Waals surface area contributed by atoms with Crippen LogP contribution in [0.5, 0.6) is 0 Å². The van der Waals surface area contributed by atoms with Crippen molar-refractivity contribution >= 4 is 17.7 Å². The molecule has 1 atom stereocenters. The van der Waals surface area contributed by atoms with Crippen LogP contribution in [-0.2, 0) is 4.79 Å². The van der Waals surface area contributed by atoms with E-state index < -0.39 is 0 Å². The van der Waals surface area contributed by atoms with Crippen molar-refractivity contribution in [3.63, 3.8) is 0 Å². The first-order valence-electron chi connectivity index (χ1n) is 4.27. The van der Waals surface area contributed by atoms with Gasteiger partial charge in [-0.2, -0.15) is 11.8 Å². The third-order valence-corrected chi connectivity index (χ3v) is 3.73. The Balaban J connectivity index is 2.80. The number of thioether (sulfide) groups is 1. The van der Waals surface area contributed by atoms with Gasteiger partial charge < -0.3 is 0 Å². The largest absolute Gasteiger partial charge is 0.293 e. The van der Waals surface area contributed by atoms with Gasteiger partial charge in [0.25, 0.3) is 5.91 Å². The van der Waals surface area contributed by atoms with E-state index in [2.05, 4.69) is 0 Å². The predicted octanol–water partition coefficient (Wildman–Crippen LogP) is 0.318. The van der Waals surface area contributed by atoms with E-state index in [0.29, 0.717) is 0 Å². The summed E-state index contributed by atoms with van der Waals surface area (Å²) in [5.41, 5.74) is 1.73. The number of nitrogens with one attached hydrogen (secondary N) is 1. The molecule has 0 aromatic heterocycles. The zero-order valence-electron chi connectivity index (χ0n) is 8.20. The lowest BCUT2D eigenvalue weighted by Gasteiger charge is -2.42. The number of likely N-dealkylation sites (N-methyl/N-ethyl adjacent to an activating group) is 1. The molecule has 1 heterocycles. The van der Waals surface area contributed by atoms with Gasteiger partial charge in [0.1, 0.15) is 6.04 Å². The first-order valence-corrected chi connectivity index (χ1v) is 5.26. The molecule has 0 spiro atoms. The Kier molecular flexibility index (Phi) is 3.21. The number of hydroxylamine groups is 1. The van der Waals surface area contributed by atoms with Crippen molar-refractivity contribution in [2.45, 2.75) is 24.6 Å². The summed E-state index contributed by atoms with van der Waals surface area (Å²) < 4.78 is -0.139. The molecule has 0 aliphatic carbocycles. The van der Waals surface area contributed by atoms with Gasteiger partial charge in [-0.15, -0.1) is 0 Å². The number of carbonyl (C=O) groups is 1. The van der Waals surface area contributed by atoms with E-state index in [1.165, 1.54) is 0 Å². The molecular formula is C8H16N2O2S. The second-order valence-corrected chi connectivity index (χ2v) is 5.56. The van der Waals surface area contributed by atoms with Crippen LogP contribution in [-0.4, -0.2) is 46.1 Å². The van der Waals surface area contributed by atoms with Crippen molar-refractivity contribution in [2.75, 3.05) is 19.3 Å². The summed E-state index contributed by atoms with van der Waals surface area (Å²) in [4.78, 5) is 13.4. The third kappa shape index (κ3) is 2.15. The quantitative estimate of drug-likeness (QED) is 0.477. The Morgan fingerprint density at radius 3 is 2.77 bits per heavy atom. The Bertz CT molecular complexity index is 208. The molecule has 4 nitrogen and oxygen atoms in total. The molecule has 1 aliphatic heterocycles. The van der Waals surface area contributed by atoms with Gasteiger partial charge in [0.2, 0.25) is 0 Å². The smallest absolute Gasteiger partial charge is 0.262 e. The van der Waals surface area contributed by atoms with Gasteiger partial charge in [0.15, 0.2) is 0 Å². The van der Waals surface area contributed by atoms with Gasteiger partial charge >= 0.3 is 0 Å². The molecule has 1 fully saturated rings. The van der Waals surface area contributed by atoms with Crippen LogP contribution in [0.2, 0.25) is 0 Å². The van der Waals surface area contributed by atoms with Crippen LogP contribution in [0.3, 0.4) is 0 Å². The number of hydrogen-bond acceptors (Lipinski definition) is 4. The van der Waals surface area contributed by atoms with Crippen LogP contribution in [0.15, 0.2) is 0 Å². The van der Waals surface area contributed by atoms with Crippen molar-refractivity contribution in [3.8, 4) is 0 Å².